The zero-order valence-electron chi connectivity index (χ0n) is 14.7. The van der Waals surface area contributed by atoms with Gasteiger partial charge >= 0.3 is 0 Å². The molecule has 1 aromatic carbocycles. The van der Waals surface area contributed by atoms with Gasteiger partial charge in [0.15, 0.2) is 0 Å². The smallest absolute Gasteiger partial charge is 0.220 e. The molecule has 0 radical (unpaired) electrons. The number of fused-ring (bicyclic) bond motifs is 2. The molecule has 2 heterocycles. The summed E-state index contributed by atoms with van der Waals surface area (Å²) in [5, 5.41) is 6.85. The predicted octanol–water partition coefficient (Wildman–Crippen LogP) is 3.27. The monoisotopic (exact) mass is 314 g/mol. The molecule has 1 amide bonds. The van der Waals surface area contributed by atoms with E-state index in [9.17, 15) is 4.79 Å². The summed E-state index contributed by atoms with van der Waals surface area (Å²) in [6, 6.07) is 8.09. The van der Waals surface area contributed by atoms with E-state index < -0.39 is 0 Å². The molecule has 0 aliphatic carbocycles. The van der Waals surface area contributed by atoms with Crippen molar-refractivity contribution in [3.8, 4) is 0 Å². The van der Waals surface area contributed by atoms with E-state index in [-0.39, 0.29) is 11.9 Å². The van der Waals surface area contributed by atoms with Crippen LogP contribution >= 0.6 is 0 Å². The van der Waals surface area contributed by atoms with Crippen LogP contribution in [0.5, 0.6) is 0 Å². The Morgan fingerprint density at radius 1 is 1.26 bits per heavy atom. The number of rotatable bonds is 5. The standard InChI is InChI=1S/C20H30N2O/c1-13-4-5-17(14(2)8-13)9-15(3)21-20(23)12-16-10-18-6-7-19(11-16)22-18/h4-5,8,15-16,18-19,22H,6-7,9-12H2,1-3H3,(H,21,23). The summed E-state index contributed by atoms with van der Waals surface area (Å²) in [6.07, 6.45) is 6.56. The normalized spacial score (nSPS) is 27.7. The zero-order valence-corrected chi connectivity index (χ0v) is 14.7. The molecular formula is C20H30N2O. The van der Waals surface area contributed by atoms with Gasteiger partial charge in [0, 0.05) is 24.5 Å². The first-order chi connectivity index (χ1) is 11.0. The molecule has 3 nitrogen and oxygen atoms in total. The van der Waals surface area contributed by atoms with Crippen molar-refractivity contribution < 1.29 is 4.79 Å². The molecule has 3 unspecified atom stereocenters. The summed E-state index contributed by atoms with van der Waals surface area (Å²) in [5.74, 6) is 0.802. The highest BCUT2D eigenvalue weighted by atomic mass is 16.1. The van der Waals surface area contributed by atoms with Crippen molar-refractivity contribution in [2.45, 2.75) is 77.4 Å². The van der Waals surface area contributed by atoms with E-state index in [1.165, 1.54) is 42.4 Å². The van der Waals surface area contributed by atoms with E-state index in [4.69, 9.17) is 0 Å². The number of aryl methyl sites for hydroxylation is 2. The van der Waals surface area contributed by atoms with Crippen LogP contribution in [0.15, 0.2) is 18.2 Å². The number of piperidine rings is 1. The molecule has 2 bridgehead atoms. The second-order valence-corrected chi connectivity index (χ2v) is 7.78. The van der Waals surface area contributed by atoms with Crippen molar-refractivity contribution in [1.29, 1.82) is 0 Å². The average Bonchev–Trinajstić information content (AvgIpc) is 2.81. The third kappa shape index (κ3) is 4.35. The Balaban J connectivity index is 1.47. The van der Waals surface area contributed by atoms with Gasteiger partial charge in [-0.15, -0.1) is 0 Å². The first-order valence-electron chi connectivity index (χ1n) is 9.11. The predicted molar refractivity (Wildman–Crippen MR) is 94.5 cm³/mol. The van der Waals surface area contributed by atoms with Gasteiger partial charge in [0.1, 0.15) is 0 Å². The van der Waals surface area contributed by atoms with Crippen LogP contribution in [0, 0.1) is 19.8 Å². The summed E-state index contributed by atoms with van der Waals surface area (Å²) >= 11 is 0. The van der Waals surface area contributed by atoms with Gasteiger partial charge in [0.2, 0.25) is 5.91 Å². The van der Waals surface area contributed by atoms with Gasteiger partial charge in [-0.05, 0) is 69.9 Å². The minimum absolute atomic E-state index is 0.197. The van der Waals surface area contributed by atoms with Crippen LogP contribution in [-0.4, -0.2) is 24.0 Å². The third-order valence-electron chi connectivity index (χ3n) is 5.48. The molecule has 3 rings (SSSR count). The molecule has 126 valence electrons. The molecule has 0 spiro atoms. The average molecular weight is 314 g/mol. The molecule has 3 heteroatoms. The molecule has 2 aliphatic heterocycles. The van der Waals surface area contributed by atoms with Crippen LogP contribution in [-0.2, 0) is 11.2 Å². The lowest BCUT2D eigenvalue weighted by molar-refractivity contribution is -0.122. The lowest BCUT2D eigenvalue weighted by atomic mass is 9.89. The molecule has 0 aromatic heterocycles. The van der Waals surface area contributed by atoms with Crippen LogP contribution in [0.1, 0.15) is 55.7 Å². The minimum Gasteiger partial charge on any atom is -0.353 e. The van der Waals surface area contributed by atoms with Crippen molar-refractivity contribution in [1.82, 2.24) is 10.6 Å². The number of hydrogen-bond donors (Lipinski definition) is 2. The molecule has 1 aromatic rings. The van der Waals surface area contributed by atoms with Crippen molar-refractivity contribution in [3.63, 3.8) is 0 Å². The maximum atomic E-state index is 12.4. The van der Waals surface area contributed by atoms with Gasteiger partial charge < -0.3 is 10.6 Å². The Labute approximate surface area is 140 Å². The Bertz CT molecular complexity index is 557. The third-order valence-corrected chi connectivity index (χ3v) is 5.48. The highest BCUT2D eigenvalue weighted by Gasteiger charge is 2.34. The maximum absolute atomic E-state index is 12.4. The molecule has 0 saturated carbocycles. The summed E-state index contributed by atoms with van der Waals surface area (Å²) in [5.41, 5.74) is 3.95. The number of carbonyl (C=O) groups excluding carboxylic acids is 1. The van der Waals surface area contributed by atoms with E-state index in [1.54, 1.807) is 0 Å². The fraction of sp³-hybridized carbons (Fsp3) is 0.650. The number of amides is 1. The Hall–Kier alpha value is -1.35. The Kier molecular flexibility index (Phi) is 5.05. The highest BCUT2D eigenvalue weighted by Crippen LogP contribution is 2.32. The summed E-state index contributed by atoms with van der Waals surface area (Å²) < 4.78 is 0. The second-order valence-electron chi connectivity index (χ2n) is 7.78. The van der Waals surface area contributed by atoms with Gasteiger partial charge in [0.25, 0.3) is 0 Å². The van der Waals surface area contributed by atoms with E-state index in [2.05, 4.69) is 49.6 Å². The van der Waals surface area contributed by atoms with Gasteiger partial charge in [0.05, 0.1) is 0 Å². The number of benzene rings is 1. The molecule has 2 fully saturated rings. The zero-order chi connectivity index (χ0) is 16.4. The van der Waals surface area contributed by atoms with Crippen molar-refractivity contribution in [2.24, 2.45) is 5.92 Å². The largest absolute Gasteiger partial charge is 0.353 e. The van der Waals surface area contributed by atoms with Crippen LogP contribution in [0.4, 0.5) is 0 Å². The van der Waals surface area contributed by atoms with Crippen LogP contribution < -0.4 is 10.6 Å². The molecule has 2 aliphatic rings. The highest BCUT2D eigenvalue weighted by molar-refractivity contribution is 5.76. The number of carbonyl (C=O) groups is 1. The summed E-state index contributed by atoms with van der Waals surface area (Å²) in [6.45, 7) is 6.39. The van der Waals surface area contributed by atoms with Crippen LogP contribution in [0.25, 0.3) is 0 Å². The molecule has 2 N–H and O–H groups in total. The molecule has 23 heavy (non-hydrogen) atoms. The fourth-order valence-corrected chi connectivity index (χ4v) is 4.39. The molecular weight excluding hydrogens is 284 g/mol. The van der Waals surface area contributed by atoms with Crippen molar-refractivity contribution >= 4 is 5.91 Å². The summed E-state index contributed by atoms with van der Waals surface area (Å²) in [7, 11) is 0. The van der Waals surface area contributed by atoms with Gasteiger partial charge in [-0.2, -0.15) is 0 Å². The van der Waals surface area contributed by atoms with Crippen molar-refractivity contribution in [2.75, 3.05) is 0 Å². The van der Waals surface area contributed by atoms with Crippen molar-refractivity contribution in [3.05, 3.63) is 34.9 Å². The van der Waals surface area contributed by atoms with E-state index in [1.807, 2.05) is 0 Å². The topological polar surface area (TPSA) is 41.1 Å². The second kappa shape index (κ2) is 7.04. The van der Waals surface area contributed by atoms with E-state index in [0.717, 1.165) is 6.42 Å². The first kappa shape index (κ1) is 16.5. The number of hydrogen-bond acceptors (Lipinski definition) is 2. The Morgan fingerprint density at radius 3 is 2.61 bits per heavy atom. The van der Waals surface area contributed by atoms with Crippen LogP contribution in [0.2, 0.25) is 0 Å². The lowest BCUT2D eigenvalue weighted by Gasteiger charge is -2.29. The lowest BCUT2D eigenvalue weighted by Crippen LogP contribution is -2.41. The van der Waals surface area contributed by atoms with Gasteiger partial charge in [-0.1, -0.05) is 23.8 Å². The summed E-state index contributed by atoms with van der Waals surface area (Å²) in [4.78, 5) is 12.4. The molecule has 2 saturated heterocycles. The first-order valence-corrected chi connectivity index (χ1v) is 9.11. The maximum Gasteiger partial charge on any atom is 0.220 e. The SMILES string of the molecule is Cc1ccc(CC(C)NC(=O)CC2CC3CCC(C2)N3)c(C)c1. The van der Waals surface area contributed by atoms with E-state index in [0.29, 0.717) is 24.4 Å². The Morgan fingerprint density at radius 2 is 1.96 bits per heavy atom. The van der Waals surface area contributed by atoms with Crippen LogP contribution in [0.3, 0.4) is 0 Å². The molecule has 3 atom stereocenters. The minimum atomic E-state index is 0.197. The van der Waals surface area contributed by atoms with Gasteiger partial charge in [-0.3, -0.25) is 4.79 Å². The quantitative estimate of drug-likeness (QED) is 0.876. The van der Waals surface area contributed by atoms with Gasteiger partial charge in [-0.25, -0.2) is 0 Å². The van der Waals surface area contributed by atoms with E-state index >= 15 is 0 Å². The number of nitrogens with one attached hydrogen (secondary N) is 2. The fourth-order valence-electron chi connectivity index (χ4n) is 4.39.